The number of nitrogens with one attached hydrogen (secondary N) is 1. The van der Waals surface area contributed by atoms with Crippen molar-refractivity contribution in [1.29, 1.82) is 0 Å². The summed E-state index contributed by atoms with van der Waals surface area (Å²) in [6.07, 6.45) is 15.6. The molecule has 4 aromatic rings. The lowest BCUT2D eigenvalue weighted by molar-refractivity contribution is 0.0599. The number of aromatic nitrogens is 3. The van der Waals surface area contributed by atoms with Gasteiger partial charge in [0.2, 0.25) is 5.56 Å². The summed E-state index contributed by atoms with van der Waals surface area (Å²) in [4.78, 5) is 17.2. The quantitative estimate of drug-likeness (QED) is 0.236. The molecule has 1 fully saturated rings. The van der Waals surface area contributed by atoms with Gasteiger partial charge in [-0.2, -0.15) is 0 Å². The van der Waals surface area contributed by atoms with Gasteiger partial charge in [-0.3, -0.25) is 9.78 Å². The Hall–Kier alpha value is -3.86. The SMILES string of the molecule is C=C(/C=C\C(=C/C)c1ccc2c3cnccc3n(C)c2c1)OC1CCC1.CC.Cc1ccc(=O)[nH]c1. The van der Waals surface area contributed by atoms with Crippen molar-refractivity contribution in [1.82, 2.24) is 14.5 Å². The highest BCUT2D eigenvalue weighted by Crippen LogP contribution is 2.30. The number of aromatic amines is 1. The first-order chi connectivity index (χ1) is 17.5. The Kier molecular flexibility index (Phi) is 9.46. The fourth-order valence-corrected chi connectivity index (χ4v) is 4.01. The Morgan fingerprint density at radius 3 is 2.50 bits per heavy atom. The maximum atomic E-state index is 10.4. The van der Waals surface area contributed by atoms with Crippen LogP contribution in [-0.4, -0.2) is 20.6 Å². The lowest BCUT2D eigenvalue weighted by Gasteiger charge is -2.26. The number of rotatable bonds is 5. The molecule has 0 radical (unpaired) electrons. The number of ether oxygens (including phenoxy) is 1. The number of nitrogens with zero attached hydrogens (tertiary/aromatic N) is 2. The zero-order chi connectivity index (χ0) is 26.1. The predicted octanol–water partition coefficient (Wildman–Crippen LogP) is 7.48. The van der Waals surface area contributed by atoms with Crippen LogP contribution >= 0.6 is 0 Å². The van der Waals surface area contributed by atoms with Gasteiger partial charge in [-0.15, -0.1) is 0 Å². The molecule has 0 spiro atoms. The van der Waals surface area contributed by atoms with E-state index in [1.807, 2.05) is 39.2 Å². The maximum absolute atomic E-state index is 10.4. The molecular formula is C31H37N3O2. The Bertz CT molecular complexity index is 1420. The highest BCUT2D eigenvalue weighted by atomic mass is 16.5. The van der Waals surface area contributed by atoms with E-state index in [2.05, 4.69) is 71.5 Å². The lowest BCUT2D eigenvalue weighted by Crippen LogP contribution is -2.20. The Labute approximate surface area is 213 Å². The highest BCUT2D eigenvalue weighted by molar-refractivity contribution is 6.08. The van der Waals surface area contributed by atoms with Crippen LogP contribution in [0.4, 0.5) is 0 Å². The van der Waals surface area contributed by atoms with E-state index >= 15 is 0 Å². The smallest absolute Gasteiger partial charge is 0.247 e. The van der Waals surface area contributed by atoms with Gasteiger partial charge in [0.25, 0.3) is 0 Å². The van der Waals surface area contributed by atoms with Gasteiger partial charge >= 0.3 is 0 Å². The Morgan fingerprint density at radius 1 is 1.11 bits per heavy atom. The van der Waals surface area contributed by atoms with Gasteiger partial charge in [-0.1, -0.05) is 50.8 Å². The summed E-state index contributed by atoms with van der Waals surface area (Å²) in [7, 11) is 2.11. The van der Waals surface area contributed by atoms with E-state index in [0.717, 1.165) is 29.7 Å². The second-order valence-electron chi connectivity index (χ2n) is 8.63. The van der Waals surface area contributed by atoms with Crippen LogP contribution in [-0.2, 0) is 11.8 Å². The van der Waals surface area contributed by atoms with E-state index in [1.54, 1.807) is 12.3 Å². The van der Waals surface area contributed by atoms with E-state index in [9.17, 15) is 4.79 Å². The van der Waals surface area contributed by atoms with Crippen molar-refractivity contribution in [3.8, 4) is 0 Å². The zero-order valence-electron chi connectivity index (χ0n) is 22.0. The molecular weight excluding hydrogens is 446 g/mol. The second-order valence-corrected chi connectivity index (χ2v) is 8.63. The number of H-pyrrole nitrogens is 1. The molecule has 0 atom stereocenters. The van der Waals surface area contributed by atoms with Crippen molar-refractivity contribution in [2.75, 3.05) is 0 Å². The van der Waals surface area contributed by atoms with Gasteiger partial charge in [0, 0.05) is 48.0 Å². The Morgan fingerprint density at radius 2 is 1.89 bits per heavy atom. The molecule has 3 aromatic heterocycles. The van der Waals surface area contributed by atoms with E-state index in [1.165, 1.54) is 39.9 Å². The summed E-state index contributed by atoms with van der Waals surface area (Å²) in [6, 6.07) is 11.9. The van der Waals surface area contributed by atoms with E-state index < -0.39 is 0 Å². The average molecular weight is 484 g/mol. The average Bonchev–Trinajstić information content (AvgIpc) is 3.17. The van der Waals surface area contributed by atoms with Crippen molar-refractivity contribution in [2.24, 2.45) is 7.05 Å². The number of fused-ring (bicyclic) bond motifs is 3. The van der Waals surface area contributed by atoms with Crippen LogP contribution in [0.3, 0.4) is 0 Å². The van der Waals surface area contributed by atoms with Gasteiger partial charge in [0.05, 0.1) is 11.6 Å². The van der Waals surface area contributed by atoms with E-state index in [-0.39, 0.29) is 5.56 Å². The van der Waals surface area contributed by atoms with Gasteiger partial charge in [-0.05, 0) is 68.0 Å². The van der Waals surface area contributed by atoms with Crippen LogP contribution in [0.1, 0.15) is 51.2 Å². The van der Waals surface area contributed by atoms with Crippen LogP contribution in [0, 0.1) is 6.92 Å². The molecule has 188 valence electrons. The number of hydrogen-bond donors (Lipinski definition) is 1. The normalized spacial score (nSPS) is 13.5. The van der Waals surface area contributed by atoms with Crippen LogP contribution in [0.5, 0.6) is 0 Å². The summed E-state index contributed by atoms with van der Waals surface area (Å²) < 4.78 is 8.05. The summed E-state index contributed by atoms with van der Waals surface area (Å²) in [5.74, 6) is 0.741. The lowest BCUT2D eigenvalue weighted by atomic mass is 9.96. The monoisotopic (exact) mass is 483 g/mol. The third kappa shape index (κ3) is 6.42. The minimum Gasteiger partial charge on any atom is -0.491 e. The molecule has 0 saturated heterocycles. The van der Waals surface area contributed by atoms with Crippen molar-refractivity contribution >= 4 is 27.4 Å². The van der Waals surface area contributed by atoms with Crippen LogP contribution in [0.2, 0.25) is 0 Å². The molecule has 1 aliphatic carbocycles. The Balaban J connectivity index is 0.000000305. The molecule has 1 aromatic carbocycles. The highest BCUT2D eigenvalue weighted by Gasteiger charge is 2.18. The fraction of sp³-hybridized carbons (Fsp3) is 0.290. The standard InChI is InChI=1S/C23H24N2O.C6H7NO.C2H6/c1-4-17(9-8-16(2)26-19-6-5-7-19)18-10-11-20-21-15-24-13-12-22(21)25(3)23(20)14-18;1-5-2-3-6(8)7-4-5;1-2/h4,8-15,19H,2,5-7H2,1,3H3;2-4H,1H3,(H,7,8);1-2H3/b9-8-,17-4+;;. The molecule has 0 amide bonds. The maximum Gasteiger partial charge on any atom is 0.247 e. The first kappa shape index (κ1) is 26.7. The van der Waals surface area contributed by atoms with Crippen LogP contribution < -0.4 is 5.56 Å². The first-order valence-electron chi connectivity index (χ1n) is 12.6. The molecule has 1 saturated carbocycles. The molecule has 36 heavy (non-hydrogen) atoms. The molecule has 3 heterocycles. The zero-order valence-corrected chi connectivity index (χ0v) is 22.0. The molecule has 0 aliphatic heterocycles. The van der Waals surface area contributed by atoms with Gasteiger partial charge in [0.15, 0.2) is 0 Å². The minimum absolute atomic E-state index is 0.0457. The molecule has 1 N–H and O–H groups in total. The number of aryl methyl sites for hydroxylation is 2. The van der Waals surface area contributed by atoms with Crippen molar-refractivity contribution in [3.05, 3.63) is 107 Å². The van der Waals surface area contributed by atoms with E-state index in [4.69, 9.17) is 4.74 Å². The molecule has 5 nitrogen and oxygen atoms in total. The summed E-state index contributed by atoms with van der Waals surface area (Å²) >= 11 is 0. The molecule has 0 bridgehead atoms. The largest absolute Gasteiger partial charge is 0.491 e. The molecule has 5 heteroatoms. The third-order valence-corrected chi connectivity index (χ3v) is 6.21. The molecule has 5 rings (SSSR count). The van der Waals surface area contributed by atoms with E-state index in [0.29, 0.717) is 6.10 Å². The number of allylic oxidation sites excluding steroid dienone is 4. The number of benzene rings is 1. The summed E-state index contributed by atoms with van der Waals surface area (Å²) in [6.45, 7) is 12.0. The number of pyridine rings is 2. The number of hydrogen-bond acceptors (Lipinski definition) is 3. The second kappa shape index (κ2) is 12.7. The van der Waals surface area contributed by atoms with Crippen LogP contribution in [0.15, 0.2) is 90.3 Å². The van der Waals surface area contributed by atoms with Gasteiger partial charge < -0.3 is 14.3 Å². The van der Waals surface area contributed by atoms with Crippen molar-refractivity contribution in [2.45, 2.75) is 53.1 Å². The topological polar surface area (TPSA) is 59.9 Å². The van der Waals surface area contributed by atoms with Crippen molar-refractivity contribution in [3.63, 3.8) is 0 Å². The van der Waals surface area contributed by atoms with Gasteiger partial charge in [0.1, 0.15) is 5.76 Å². The minimum atomic E-state index is -0.0457. The molecule has 0 unspecified atom stereocenters. The first-order valence-corrected chi connectivity index (χ1v) is 12.6. The van der Waals surface area contributed by atoms with Gasteiger partial charge in [-0.25, -0.2) is 0 Å². The third-order valence-electron chi connectivity index (χ3n) is 6.21. The van der Waals surface area contributed by atoms with Crippen LogP contribution in [0.25, 0.3) is 27.4 Å². The summed E-state index contributed by atoms with van der Waals surface area (Å²) in [5, 5.41) is 2.42. The predicted molar refractivity (Wildman–Crippen MR) is 152 cm³/mol. The molecule has 1 aliphatic rings. The summed E-state index contributed by atoms with van der Waals surface area (Å²) in [5.41, 5.74) is 5.79. The fourth-order valence-electron chi connectivity index (χ4n) is 4.01. The van der Waals surface area contributed by atoms with Crippen molar-refractivity contribution < 1.29 is 4.74 Å².